The van der Waals surface area contributed by atoms with Crippen LogP contribution in [0.2, 0.25) is 5.02 Å². The zero-order valence-corrected chi connectivity index (χ0v) is 34.4. The summed E-state index contributed by atoms with van der Waals surface area (Å²) in [6, 6.07) is 25.9. The number of alkyl halides is 3. The number of fused-ring (bicyclic) bond motifs is 6. The van der Waals surface area contributed by atoms with Crippen molar-refractivity contribution in [1.29, 1.82) is 0 Å². The van der Waals surface area contributed by atoms with E-state index in [2.05, 4.69) is 39.8 Å². The fraction of sp³-hybridized carbons (Fsp3) is 0.333. The number of pyridine rings is 1. The minimum Gasteiger partial charge on any atom is -0.445 e. The lowest BCUT2D eigenvalue weighted by Gasteiger charge is -2.45. The van der Waals surface area contributed by atoms with E-state index >= 15 is 0 Å². The molecule has 6 atom stereocenters. The van der Waals surface area contributed by atoms with Crippen LogP contribution in [0.1, 0.15) is 42.1 Å². The molecular formula is C45H44ClF3N5O8+. The summed E-state index contributed by atoms with van der Waals surface area (Å²) in [5, 5.41) is 20.4. The van der Waals surface area contributed by atoms with Gasteiger partial charge in [-0.1, -0.05) is 66.2 Å². The molecule has 0 spiro atoms. The molecule has 8 rings (SSSR count). The van der Waals surface area contributed by atoms with Gasteiger partial charge in [0.1, 0.15) is 30.4 Å². The van der Waals surface area contributed by atoms with E-state index in [-0.39, 0.29) is 65.2 Å². The van der Waals surface area contributed by atoms with E-state index < -0.39 is 35.7 Å². The van der Waals surface area contributed by atoms with Gasteiger partial charge in [-0.05, 0) is 59.0 Å². The van der Waals surface area contributed by atoms with Gasteiger partial charge < -0.3 is 39.4 Å². The number of likely N-dealkylation sites (N-methyl/N-ethyl adjacent to an activating group) is 1. The van der Waals surface area contributed by atoms with Crippen molar-refractivity contribution in [2.75, 3.05) is 31.3 Å². The average Bonchev–Trinajstić information content (AvgIpc) is 4.00. The molecule has 4 heterocycles. The molecule has 0 aliphatic carbocycles. The number of quaternary nitrogens is 1. The van der Waals surface area contributed by atoms with E-state index in [1.807, 2.05) is 48.5 Å². The molecule has 4 aromatic carbocycles. The van der Waals surface area contributed by atoms with Gasteiger partial charge in [0, 0.05) is 49.4 Å². The van der Waals surface area contributed by atoms with E-state index in [1.165, 1.54) is 12.1 Å². The molecule has 62 heavy (non-hydrogen) atoms. The number of ether oxygens (including phenoxy) is 3. The number of hydrogen-bond acceptors (Lipinski definition) is 9. The van der Waals surface area contributed by atoms with Gasteiger partial charge in [-0.3, -0.25) is 14.9 Å². The van der Waals surface area contributed by atoms with Crippen molar-refractivity contribution in [3.63, 3.8) is 0 Å². The van der Waals surface area contributed by atoms with Gasteiger partial charge in [0.05, 0.1) is 42.1 Å². The molecule has 324 valence electrons. The first-order chi connectivity index (χ1) is 29.5. The number of aryl methyl sites for hydroxylation is 1. The first kappa shape index (κ1) is 42.9. The molecule has 3 aliphatic rings. The number of amides is 2. The molecule has 1 aromatic heterocycles. The number of epoxide rings is 1. The Balaban J connectivity index is 0.852. The Morgan fingerprint density at radius 3 is 2.35 bits per heavy atom. The summed E-state index contributed by atoms with van der Waals surface area (Å²) in [6.07, 6.45) is -4.66. The number of aromatic nitrogens is 1. The molecular weight excluding hydrogens is 831 g/mol. The quantitative estimate of drug-likeness (QED) is 0.0361. The number of nitrogens with zero attached hydrogens (tertiary/aromatic N) is 1. The maximum absolute atomic E-state index is 13.3. The highest BCUT2D eigenvalue weighted by molar-refractivity contribution is 6.33. The van der Waals surface area contributed by atoms with Gasteiger partial charge in [-0.2, -0.15) is 13.2 Å². The smallest absolute Gasteiger partial charge is 0.445 e. The Kier molecular flexibility index (Phi) is 11.9. The number of aromatic amines is 1. The molecule has 17 heteroatoms. The maximum Gasteiger partial charge on any atom is 0.491 e. The number of halogens is 4. The minimum atomic E-state index is -5.25. The highest BCUT2D eigenvalue weighted by Crippen LogP contribution is 2.51. The molecule has 0 saturated carbocycles. The third kappa shape index (κ3) is 9.20. The second-order valence-electron chi connectivity index (χ2n) is 16.4. The first-order valence-corrected chi connectivity index (χ1v) is 20.5. The number of carbonyl (C=O) groups excluding carboxylic acids is 3. The molecule has 2 bridgehead atoms. The highest BCUT2D eigenvalue weighted by Gasteiger charge is 2.70. The first-order valence-electron chi connectivity index (χ1n) is 20.1. The number of aliphatic hydroxyl groups excluding tert-OH is 1. The molecule has 5 aromatic rings. The number of carbonyl (C=O) groups is 3. The van der Waals surface area contributed by atoms with Crippen LogP contribution in [0, 0.1) is 0 Å². The summed E-state index contributed by atoms with van der Waals surface area (Å²) < 4.78 is 55.7. The lowest BCUT2D eigenvalue weighted by atomic mass is 9.96. The van der Waals surface area contributed by atoms with Crippen LogP contribution in [-0.2, 0) is 32.0 Å². The molecule has 13 nitrogen and oxygen atoms in total. The van der Waals surface area contributed by atoms with Crippen molar-refractivity contribution >= 4 is 51.8 Å². The normalized spacial score (nSPS) is 21.4. The zero-order valence-electron chi connectivity index (χ0n) is 33.6. The van der Waals surface area contributed by atoms with Crippen LogP contribution < -0.4 is 26.2 Å². The Morgan fingerprint density at radius 1 is 0.919 bits per heavy atom. The van der Waals surface area contributed by atoms with Crippen LogP contribution >= 0.6 is 11.6 Å². The van der Waals surface area contributed by atoms with Crippen molar-refractivity contribution < 1.29 is 51.4 Å². The lowest BCUT2D eigenvalue weighted by Crippen LogP contribution is -2.60. The summed E-state index contributed by atoms with van der Waals surface area (Å²) in [5.41, 5.74) is 3.73. The third-order valence-electron chi connectivity index (χ3n) is 12.0. The number of piperidine rings is 1. The number of anilines is 2. The van der Waals surface area contributed by atoms with Crippen molar-refractivity contribution in [3.8, 4) is 16.9 Å². The van der Waals surface area contributed by atoms with E-state index in [4.69, 9.17) is 21.1 Å². The van der Waals surface area contributed by atoms with Gasteiger partial charge in [0.2, 0.25) is 11.5 Å². The van der Waals surface area contributed by atoms with E-state index in [9.17, 15) is 37.5 Å². The zero-order chi connectivity index (χ0) is 43.9. The fourth-order valence-electron chi connectivity index (χ4n) is 8.80. The van der Waals surface area contributed by atoms with Crippen molar-refractivity contribution in [3.05, 3.63) is 123 Å². The number of rotatable bonds is 13. The van der Waals surface area contributed by atoms with Crippen LogP contribution in [0.4, 0.5) is 29.3 Å². The predicted molar refractivity (Wildman–Crippen MR) is 225 cm³/mol. The number of H-pyrrole nitrogens is 1. The molecule has 3 fully saturated rings. The largest absolute Gasteiger partial charge is 0.491 e. The van der Waals surface area contributed by atoms with Gasteiger partial charge in [0.15, 0.2) is 5.75 Å². The van der Waals surface area contributed by atoms with Gasteiger partial charge in [0.25, 0.3) is 0 Å². The van der Waals surface area contributed by atoms with E-state index in [1.54, 1.807) is 18.2 Å². The standard InChI is InChI=1S/C45H43ClF3N5O8/c1-54(2)34-20-27(21-35(54)42-41(34)62-42)60-44(59)52-33-19-24(8-11-28(33)26-6-4-3-5-7-26)10-16-38(56)51-32-14-9-25(18-31(32)46)22-50-23-36(55)29-12-15-37(61-43(58)45(47,48)49)40-30(29)13-17-39(57)53-40/h3-9,11-15,17-19,27,34-36,41-42,50,55H,10,16,20-23H2,1-2H3,(H2-,51,52,53,56,57,59)/p+1/t27?,34-,35+,36-,41-,42+/m0/s1. The van der Waals surface area contributed by atoms with Crippen molar-refractivity contribution in [1.82, 2.24) is 10.3 Å². The monoisotopic (exact) mass is 874 g/mol. The van der Waals surface area contributed by atoms with Gasteiger partial charge in [-0.25, -0.2) is 9.59 Å². The van der Waals surface area contributed by atoms with Gasteiger partial charge >= 0.3 is 18.2 Å². The summed E-state index contributed by atoms with van der Waals surface area (Å²) in [7, 11) is 4.45. The van der Waals surface area contributed by atoms with Crippen molar-refractivity contribution in [2.24, 2.45) is 0 Å². The molecule has 3 saturated heterocycles. The van der Waals surface area contributed by atoms with Crippen LogP contribution in [0.15, 0.2) is 95.8 Å². The van der Waals surface area contributed by atoms with Crippen molar-refractivity contribution in [2.45, 2.75) is 74.9 Å². The average molecular weight is 875 g/mol. The number of benzene rings is 4. The Morgan fingerprint density at radius 2 is 1.65 bits per heavy atom. The number of morpholine rings is 1. The third-order valence-corrected chi connectivity index (χ3v) is 12.3. The number of hydrogen-bond donors (Lipinski definition) is 5. The fourth-order valence-corrected chi connectivity index (χ4v) is 9.05. The maximum atomic E-state index is 13.3. The van der Waals surface area contributed by atoms with Crippen LogP contribution in [0.25, 0.3) is 22.0 Å². The molecule has 1 unspecified atom stereocenters. The van der Waals surface area contributed by atoms with E-state index in [0.29, 0.717) is 29.9 Å². The minimum absolute atomic E-state index is 0.00730. The molecule has 3 aliphatic heterocycles. The number of esters is 1. The summed E-state index contributed by atoms with van der Waals surface area (Å²) >= 11 is 6.56. The Hall–Kier alpha value is -5.78. The number of nitrogens with one attached hydrogen (secondary N) is 4. The highest BCUT2D eigenvalue weighted by atomic mass is 35.5. The van der Waals surface area contributed by atoms with Crippen LogP contribution in [0.3, 0.4) is 0 Å². The second-order valence-corrected chi connectivity index (χ2v) is 16.8. The topological polar surface area (TPSA) is 171 Å². The SMILES string of the molecule is C[N+]1(C)[C@@H]2CC(OC(=O)Nc3cc(CCC(=O)Nc4ccc(CNC[C@H](O)c5ccc(OC(=O)C(F)(F)F)c6[nH]c(=O)ccc56)cc4Cl)ccc3-c3ccccc3)C[C@H]1[C@@H]1O[C@@H]12. The molecule has 2 amide bonds. The van der Waals surface area contributed by atoms with Crippen LogP contribution in [0.5, 0.6) is 5.75 Å². The summed E-state index contributed by atoms with van der Waals surface area (Å²) in [6.45, 7) is 0.242. The predicted octanol–water partition coefficient (Wildman–Crippen LogP) is 7.02. The second kappa shape index (κ2) is 17.2. The number of aliphatic hydroxyl groups is 1. The van der Waals surface area contributed by atoms with Gasteiger partial charge in [-0.15, -0.1) is 0 Å². The van der Waals surface area contributed by atoms with E-state index in [0.717, 1.165) is 51.7 Å². The lowest BCUT2D eigenvalue weighted by molar-refractivity contribution is -0.938. The Bertz CT molecular complexity index is 2570. The Labute approximate surface area is 358 Å². The molecule has 5 N–H and O–H groups in total. The summed E-state index contributed by atoms with van der Waals surface area (Å²) in [5.74, 6) is -3.24. The molecule has 0 radical (unpaired) electrons. The summed E-state index contributed by atoms with van der Waals surface area (Å²) in [4.78, 5) is 52.3. The van der Waals surface area contributed by atoms with Crippen LogP contribution in [-0.4, -0.2) is 89.8 Å².